The number of aromatic amines is 1. The van der Waals surface area contributed by atoms with E-state index in [1.165, 1.54) is 18.2 Å². The molecule has 44 heavy (non-hydrogen) atoms. The Morgan fingerprint density at radius 1 is 1.02 bits per heavy atom. The van der Waals surface area contributed by atoms with Gasteiger partial charge >= 0.3 is 12.1 Å². The number of nitrogens with one attached hydrogen (secondary N) is 2. The largest absolute Gasteiger partial charge is 0.490 e. The van der Waals surface area contributed by atoms with Gasteiger partial charge < -0.3 is 25.0 Å². The number of alkyl halides is 3. The molecule has 7 rings (SSSR count). The fraction of sp³-hybridized carbons (Fsp3) is 0.296. The lowest BCUT2D eigenvalue weighted by Crippen LogP contribution is -2.37. The topological polar surface area (TPSA) is 134 Å². The third-order valence-electron chi connectivity index (χ3n) is 7.11. The number of carboxylic acids is 1. The van der Waals surface area contributed by atoms with Gasteiger partial charge in [0.15, 0.2) is 28.6 Å². The zero-order chi connectivity index (χ0) is 31.2. The molecule has 1 aliphatic carbocycles. The van der Waals surface area contributed by atoms with Crippen LogP contribution >= 0.6 is 0 Å². The summed E-state index contributed by atoms with van der Waals surface area (Å²) < 4.78 is 81.1. The predicted molar refractivity (Wildman–Crippen MR) is 144 cm³/mol. The minimum atomic E-state index is -5.08. The Balaban J connectivity index is 0.000000441. The van der Waals surface area contributed by atoms with Crippen molar-refractivity contribution in [3.63, 3.8) is 0 Å². The molecule has 2 aliphatic rings. The highest BCUT2D eigenvalue weighted by molar-refractivity contribution is 5.86. The van der Waals surface area contributed by atoms with Gasteiger partial charge in [0.2, 0.25) is 5.95 Å². The molecular weight excluding hydrogens is 598 g/mol. The first-order valence-electron chi connectivity index (χ1n) is 13.2. The smallest absolute Gasteiger partial charge is 0.475 e. The molecule has 0 bridgehead atoms. The second-order valence-corrected chi connectivity index (χ2v) is 10.1. The molecule has 3 aromatic heterocycles. The standard InChI is InChI=1S/C25H21F3N8O.C2HF3O2/c26-14-2-1-3-15(12-14)36-13-29-20-21(32-24(33-22(20)36)35-8-10-37-11-9-35)34-25(6-7-25)23-30-17-5-4-16(27)18(28)19(17)31-23;3-2(4,5)1(6)7/h1-5,12-13H,6-11H2,(H,30,31)(H,32,33,34);(H,6,7). The van der Waals surface area contributed by atoms with E-state index in [4.69, 9.17) is 24.6 Å². The molecule has 11 nitrogen and oxygen atoms in total. The Morgan fingerprint density at radius 2 is 1.75 bits per heavy atom. The van der Waals surface area contributed by atoms with E-state index >= 15 is 0 Å². The molecule has 4 heterocycles. The Morgan fingerprint density at radius 3 is 2.41 bits per heavy atom. The average Bonchev–Trinajstić information content (AvgIpc) is 3.43. The molecule has 230 valence electrons. The molecule has 5 aromatic rings. The number of halogens is 6. The number of ether oxygens (including phenoxy) is 1. The van der Waals surface area contributed by atoms with E-state index in [1.807, 2.05) is 4.90 Å². The minimum absolute atomic E-state index is 0.0414. The van der Waals surface area contributed by atoms with E-state index in [0.29, 0.717) is 79.1 Å². The van der Waals surface area contributed by atoms with Crippen LogP contribution in [0.3, 0.4) is 0 Å². The van der Waals surface area contributed by atoms with Crippen LogP contribution in [0.1, 0.15) is 18.7 Å². The SMILES string of the molecule is Fc1cccc(-n2cnc3c(NC4(c5nc6c(F)c(F)ccc6[nH]5)CC4)nc(N4CCOCC4)nc32)c1.O=C(O)C(F)(F)F. The van der Waals surface area contributed by atoms with Gasteiger partial charge in [-0.3, -0.25) is 4.57 Å². The third-order valence-corrected chi connectivity index (χ3v) is 7.11. The second kappa shape index (κ2) is 11.0. The van der Waals surface area contributed by atoms with Crippen molar-refractivity contribution in [2.24, 2.45) is 0 Å². The number of rotatable bonds is 5. The summed E-state index contributed by atoms with van der Waals surface area (Å²) in [6, 6.07) is 8.74. The van der Waals surface area contributed by atoms with E-state index in [9.17, 15) is 26.3 Å². The lowest BCUT2D eigenvalue weighted by molar-refractivity contribution is -0.192. The Bertz CT molecular complexity index is 1860. The van der Waals surface area contributed by atoms with Crippen molar-refractivity contribution < 1.29 is 41.0 Å². The molecule has 1 saturated heterocycles. The van der Waals surface area contributed by atoms with E-state index in [0.717, 1.165) is 6.07 Å². The van der Waals surface area contributed by atoms with Gasteiger partial charge in [0.1, 0.15) is 23.5 Å². The molecule has 1 aliphatic heterocycles. The van der Waals surface area contributed by atoms with Crippen molar-refractivity contribution >= 4 is 39.9 Å². The number of hydrogen-bond donors (Lipinski definition) is 3. The molecular formula is C27H22F6N8O3. The molecule has 2 aromatic carbocycles. The number of H-pyrrole nitrogens is 1. The number of aliphatic carboxylic acids is 1. The fourth-order valence-electron chi connectivity index (χ4n) is 4.71. The summed E-state index contributed by atoms with van der Waals surface area (Å²) in [6.07, 6.45) is -2.08. The van der Waals surface area contributed by atoms with Crippen LogP contribution < -0.4 is 10.2 Å². The van der Waals surface area contributed by atoms with E-state index in [-0.39, 0.29) is 11.3 Å². The normalized spacial score (nSPS) is 16.1. The summed E-state index contributed by atoms with van der Waals surface area (Å²) in [5, 5.41) is 10.6. The second-order valence-electron chi connectivity index (χ2n) is 10.1. The zero-order valence-electron chi connectivity index (χ0n) is 22.5. The quantitative estimate of drug-likeness (QED) is 0.240. The highest BCUT2D eigenvalue weighted by Crippen LogP contribution is 2.48. The highest BCUT2D eigenvalue weighted by Gasteiger charge is 2.48. The molecule has 0 atom stereocenters. The van der Waals surface area contributed by atoms with Crippen molar-refractivity contribution in [1.82, 2.24) is 29.5 Å². The first-order valence-corrected chi connectivity index (χ1v) is 13.2. The summed E-state index contributed by atoms with van der Waals surface area (Å²) in [4.78, 5) is 32.6. The number of benzene rings is 2. The summed E-state index contributed by atoms with van der Waals surface area (Å²) in [6.45, 7) is 2.36. The van der Waals surface area contributed by atoms with Crippen LogP contribution in [-0.2, 0) is 15.1 Å². The molecule has 0 radical (unpaired) electrons. The number of anilines is 2. The number of carboxylic acid groups (broad SMARTS) is 1. The molecule has 17 heteroatoms. The van der Waals surface area contributed by atoms with Gasteiger partial charge in [-0.2, -0.15) is 23.1 Å². The van der Waals surface area contributed by atoms with Gasteiger partial charge in [0.05, 0.1) is 30.0 Å². The third kappa shape index (κ3) is 5.57. The number of imidazole rings is 2. The molecule has 3 N–H and O–H groups in total. The number of nitrogens with zero attached hydrogens (tertiary/aromatic N) is 6. The Hall–Kier alpha value is -4.93. The number of carbonyl (C=O) groups is 1. The predicted octanol–water partition coefficient (Wildman–Crippen LogP) is 4.68. The first-order chi connectivity index (χ1) is 20.9. The van der Waals surface area contributed by atoms with Crippen LogP contribution in [0, 0.1) is 17.5 Å². The highest BCUT2D eigenvalue weighted by atomic mass is 19.4. The van der Waals surface area contributed by atoms with Crippen LogP contribution in [0.4, 0.5) is 38.1 Å². The van der Waals surface area contributed by atoms with Crippen molar-refractivity contribution in [3.8, 4) is 5.69 Å². The monoisotopic (exact) mass is 620 g/mol. The Labute approximate surface area is 243 Å². The van der Waals surface area contributed by atoms with Gasteiger partial charge in [0.25, 0.3) is 0 Å². The lowest BCUT2D eigenvalue weighted by Gasteiger charge is -2.27. The van der Waals surface area contributed by atoms with Gasteiger partial charge in [-0.05, 0) is 43.2 Å². The number of fused-ring (bicyclic) bond motifs is 2. The summed E-state index contributed by atoms with van der Waals surface area (Å²) >= 11 is 0. The number of aromatic nitrogens is 6. The fourth-order valence-corrected chi connectivity index (χ4v) is 4.71. The van der Waals surface area contributed by atoms with E-state index < -0.39 is 29.3 Å². The van der Waals surface area contributed by atoms with Gasteiger partial charge in [0, 0.05) is 13.1 Å². The molecule has 2 fully saturated rings. The van der Waals surface area contributed by atoms with Crippen LogP contribution in [0.5, 0.6) is 0 Å². The minimum Gasteiger partial charge on any atom is -0.475 e. The molecule has 1 saturated carbocycles. The number of hydrogen-bond acceptors (Lipinski definition) is 8. The summed E-state index contributed by atoms with van der Waals surface area (Å²) in [7, 11) is 0. The maximum atomic E-state index is 14.4. The number of morpholine rings is 1. The van der Waals surface area contributed by atoms with Crippen LogP contribution in [0.25, 0.3) is 27.9 Å². The van der Waals surface area contributed by atoms with Crippen molar-refractivity contribution in [3.05, 3.63) is 66.0 Å². The summed E-state index contributed by atoms with van der Waals surface area (Å²) in [5.74, 6) is -3.59. The van der Waals surface area contributed by atoms with Gasteiger partial charge in [-0.25, -0.2) is 27.9 Å². The van der Waals surface area contributed by atoms with Gasteiger partial charge in [-0.1, -0.05) is 6.07 Å². The maximum Gasteiger partial charge on any atom is 0.490 e. The van der Waals surface area contributed by atoms with Crippen LogP contribution in [0.2, 0.25) is 0 Å². The summed E-state index contributed by atoms with van der Waals surface area (Å²) in [5.41, 5.74) is 1.32. The molecule has 0 amide bonds. The van der Waals surface area contributed by atoms with Crippen molar-refractivity contribution in [2.45, 2.75) is 24.6 Å². The van der Waals surface area contributed by atoms with Crippen LogP contribution in [-0.4, -0.2) is 73.0 Å². The van der Waals surface area contributed by atoms with Crippen LogP contribution in [0.15, 0.2) is 42.7 Å². The van der Waals surface area contributed by atoms with Gasteiger partial charge in [-0.15, -0.1) is 0 Å². The Kier molecular flexibility index (Phi) is 7.27. The van der Waals surface area contributed by atoms with Crippen molar-refractivity contribution in [1.29, 1.82) is 0 Å². The van der Waals surface area contributed by atoms with E-state index in [2.05, 4.69) is 20.3 Å². The molecule has 0 unspecified atom stereocenters. The van der Waals surface area contributed by atoms with Crippen molar-refractivity contribution in [2.75, 3.05) is 36.5 Å². The zero-order valence-corrected chi connectivity index (χ0v) is 22.5. The van der Waals surface area contributed by atoms with E-state index in [1.54, 1.807) is 23.0 Å². The molecule has 0 spiro atoms. The first kappa shape index (κ1) is 29.2. The lowest BCUT2D eigenvalue weighted by atomic mass is 10.2. The maximum absolute atomic E-state index is 14.4. The average molecular weight is 621 g/mol.